The van der Waals surface area contributed by atoms with Crippen molar-refractivity contribution in [3.8, 4) is 5.75 Å². The van der Waals surface area contributed by atoms with Gasteiger partial charge in [-0.3, -0.25) is 9.69 Å². The topological polar surface area (TPSA) is 59.0 Å². The minimum absolute atomic E-state index is 0.195. The molecule has 0 aliphatic carbocycles. The Morgan fingerprint density at radius 3 is 2.71 bits per heavy atom. The van der Waals surface area contributed by atoms with Gasteiger partial charge in [-0.1, -0.05) is 12.1 Å². The second kappa shape index (κ2) is 6.45. The number of carboxylic acids is 1. The fourth-order valence-electron chi connectivity index (χ4n) is 2.77. The first kappa shape index (κ1) is 14.4. The summed E-state index contributed by atoms with van der Waals surface area (Å²) in [6.07, 6.45) is 2.44. The second-order valence-electron chi connectivity index (χ2n) is 5.82. The van der Waals surface area contributed by atoms with E-state index in [1.54, 1.807) is 0 Å². The maximum atomic E-state index is 10.8. The van der Waals surface area contributed by atoms with Crippen LogP contribution in [0.1, 0.15) is 18.4 Å². The molecule has 0 amide bonds. The molecule has 0 radical (unpaired) electrons. The van der Waals surface area contributed by atoms with Crippen molar-refractivity contribution >= 4 is 5.97 Å². The SMILES string of the molecule is O=C(O)C1CN(Cc2ccc(OCC3CCCO3)cc2)C1. The fraction of sp³-hybridized carbons (Fsp3) is 0.562. The molecule has 1 atom stereocenters. The summed E-state index contributed by atoms with van der Waals surface area (Å²) in [5.74, 6) is -0.0237. The van der Waals surface area contributed by atoms with Crippen LogP contribution in [0.15, 0.2) is 24.3 Å². The molecule has 1 N–H and O–H groups in total. The summed E-state index contributed by atoms with van der Waals surface area (Å²) in [5, 5.41) is 8.85. The third kappa shape index (κ3) is 3.74. The minimum atomic E-state index is -0.691. The highest BCUT2D eigenvalue weighted by molar-refractivity contribution is 5.71. The van der Waals surface area contributed by atoms with Gasteiger partial charge in [0.2, 0.25) is 0 Å². The standard InChI is InChI=1S/C16H21NO4/c18-16(19)13-9-17(10-13)8-12-3-5-14(6-4-12)21-11-15-2-1-7-20-15/h3-6,13,15H,1-2,7-11H2,(H,18,19). The lowest BCUT2D eigenvalue weighted by molar-refractivity contribution is -0.147. The predicted molar refractivity (Wildman–Crippen MR) is 77.3 cm³/mol. The summed E-state index contributed by atoms with van der Waals surface area (Å²) in [5.41, 5.74) is 1.18. The van der Waals surface area contributed by atoms with Crippen molar-refractivity contribution in [2.75, 3.05) is 26.3 Å². The zero-order chi connectivity index (χ0) is 14.7. The van der Waals surface area contributed by atoms with Crippen LogP contribution in [0.25, 0.3) is 0 Å². The van der Waals surface area contributed by atoms with Crippen LogP contribution in [0.5, 0.6) is 5.75 Å². The first-order valence-electron chi connectivity index (χ1n) is 7.49. The summed E-state index contributed by atoms with van der Waals surface area (Å²) in [6.45, 7) is 3.56. The lowest BCUT2D eigenvalue weighted by Gasteiger charge is -2.36. The summed E-state index contributed by atoms with van der Waals surface area (Å²) < 4.78 is 11.2. The van der Waals surface area contributed by atoms with Crippen LogP contribution in [-0.2, 0) is 16.1 Å². The van der Waals surface area contributed by atoms with Crippen molar-refractivity contribution in [3.63, 3.8) is 0 Å². The maximum absolute atomic E-state index is 10.8. The molecule has 2 heterocycles. The number of hydrogen-bond donors (Lipinski definition) is 1. The lowest BCUT2D eigenvalue weighted by Crippen LogP contribution is -2.49. The van der Waals surface area contributed by atoms with Crippen LogP contribution in [0.3, 0.4) is 0 Å². The van der Waals surface area contributed by atoms with Crippen LogP contribution in [0.4, 0.5) is 0 Å². The van der Waals surface area contributed by atoms with Crippen molar-refractivity contribution in [1.82, 2.24) is 4.90 Å². The average molecular weight is 291 g/mol. The molecule has 0 spiro atoms. The lowest BCUT2D eigenvalue weighted by atomic mass is 10.00. The summed E-state index contributed by atoms with van der Waals surface area (Å²) >= 11 is 0. The van der Waals surface area contributed by atoms with Crippen LogP contribution in [0, 0.1) is 5.92 Å². The van der Waals surface area contributed by atoms with Gasteiger partial charge in [-0.15, -0.1) is 0 Å². The largest absolute Gasteiger partial charge is 0.491 e. The van der Waals surface area contributed by atoms with Gasteiger partial charge in [0.05, 0.1) is 12.0 Å². The molecule has 21 heavy (non-hydrogen) atoms. The minimum Gasteiger partial charge on any atom is -0.491 e. The number of hydrogen-bond acceptors (Lipinski definition) is 4. The van der Waals surface area contributed by atoms with E-state index < -0.39 is 5.97 Å². The Labute approximate surface area is 124 Å². The molecule has 5 heteroatoms. The number of carboxylic acid groups (broad SMARTS) is 1. The Morgan fingerprint density at radius 1 is 1.33 bits per heavy atom. The summed E-state index contributed by atoms with van der Waals surface area (Å²) in [7, 11) is 0. The molecule has 1 aromatic rings. The predicted octanol–water partition coefficient (Wildman–Crippen LogP) is 1.76. The van der Waals surface area contributed by atoms with Crippen molar-refractivity contribution in [3.05, 3.63) is 29.8 Å². The van der Waals surface area contributed by atoms with Crippen molar-refractivity contribution in [1.29, 1.82) is 0 Å². The van der Waals surface area contributed by atoms with E-state index in [-0.39, 0.29) is 12.0 Å². The molecule has 0 saturated carbocycles. The van der Waals surface area contributed by atoms with Crippen LogP contribution in [0.2, 0.25) is 0 Å². The zero-order valence-electron chi connectivity index (χ0n) is 12.0. The van der Waals surface area contributed by atoms with E-state index in [1.165, 1.54) is 5.56 Å². The molecule has 0 bridgehead atoms. The number of nitrogens with zero attached hydrogens (tertiary/aromatic N) is 1. The van der Waals surface area contributed by atoms with Crippen molar-refractivity contribution < 1.29 is 19.4 Å². The number of aliphatic carboxylic acids is 1. The highest BCUT2D eigenvalue weighted by Crippen LogP contribution is 2.21. The van der Waals surface area contributed by atoms with Crippen LogP contribution < -0.4 is 4.74 Å². The number of likely N-dealkylation sites (tertiary alicyclic amines) is 1. The van der Waals surface area contributed by atoms with E-state index in [2.05, 4.69) is 4.90 Å². The van der Waals surface area contributed by atoms with Gasteiger partial charge >= 0.3 is 5.97 Å². The Kier molecular flexibility index (Phi) is 4.41. The van der Waals surface area contributed by atoms with E-state index in [4.69, 9.17) is 14.6 Å². The Bertz CT molecular complexity index is 476. The van der Waals surface area contributed by atoms with E-state index in [1.807, 2.05) is 24.3 Å². The third-order valence-electron chi connectivity index (χ3n) is 4.10. The van der Waals surface area contributed by atoms with Gasteiger partial charge in [-0.25, -0.2) is 0 Å². The van der Waals surface area contributed by atoms with Gasteiger partial charge in [-0.05, 0) is 30.5 Å². The summed E-state index contributed by atoms with van der Waals surface area (Å²) in [6, 6.07) is 8.02. The zero-order valence-corrected chi connectivity index (χ0v) is 12.0. The molecule has 0 aromatic heterocycles. The van der Waals surface area contributed by atoms with Crippen molar-refractivity contribution in [2.45, 2.75) is 25.5 Å². The molecule has 2 saturated heterocycles. The van der Waals surface area contributed by atoms with E-state index in [0.717, 1.165) is 31.7 Å². The molecule has 3 rings (SSSR count). The Hall–Kier alpha value is -1.59. The highest BCUT2D eigenvalue weighted by Gasteiger charge is 2.32. The third-order valence-corrected chi connectivity index (χ3v) is 4.10. The first-order valence-corrected chi connectivity index (χ1v) is 7.49. The van der Waals surface area contributed by atoms with E-state index >= 15 is 0 Å². The second-order valence-corrected chi connectivity index (χ2v) is 5.82. The maximum Gasteiger partial charge on any atom is 0.309 e. The smallest absolute Gasteiger partial charge is 0.309 e. The van der Waals surface area contributed by atoms with E-state index in [0.29, 0.717) is 19.7 Å². The Balaban J connectivity index is 1.42. The van der Waals surface area contributed by atoms with Gasteiger partial charge < -0.3 is 14.6 Å². The summed E-state index contributed by atoms with van der Waals surface area (Å²) in [4.78, 5) is 12.9. The molecule has 1 aromatic carbocycles. The molecule has 114 valence electrons. The average Bonchev–Trinajstić information content (AvgIpc) is 2.94. The van der Waals surface area contributed by atoms with Gasteiger partial charge in [0.25, 0.3) is 0 Å². The van der Waals surface area contributed by atoms with Crippen molar-refractivity contribution in [2.24, 2.45) is 5.92 Å². The van der Waals surface area contributed by atoms with Gasteiger partial charge in [-0.2, -0.15) is 0 Å². The fourth-order valence-corrected chi connectivity index (χ4v) is 2.77. The molecule has 5 nitrogen and oxygen atoms in total. The first-order chi connectivity index (χ1) is 10.2. The van der Waals surface area contributed by atoms with Gasteiger partial charge in [0.1, 0.15) is 12.4 Å². The molecular formula is C16H21NO4. The molecular weight excluding hydrogens is 270 g/mol. The number of rotatable bonds is 6. The van der Waals surface area contributed by atoms with Crippen LogP contribution >= 0.6 is 0 Å². The van der Waals surface area contributed by atoms with Gasteiger partial charge in [0.15, 0.2) is 0 Å². The van der Waals surface area contributed by atoms with E-state index in [9.17, 15) is 4.79 Å². The number of ether oxygens (including phenoxy) is 2. The normalized spacial score (nSPS) is 23.0. The van der Waals surface area contributed by atoms with Gasteiger partial charge in [0, 0.05) is 26.2 Å². The number of carbonyl (C=O) groups is 1. The quantitative estimate of drug-likeness (QED) is 0.865. The number of benzene rings is 1. The molecule has 2 aliphatic rings. The Morgan fingerprint density at radius 2 is 2.10 bits per heavy atom. The highest BCUT2D eigenvalue weighted by atomic mass is 16.5. The molecule has 2 fully saturated rings. The monoisotopic (exact) mass is 291 g/mol. The molecule has 1 unspecified atom stereocenters. The van der Waals surface area contributed by atoms with Crippen LogP contribution in [-0.4, -0.2) is 48.4 Å². The molecule has 2 aliphatic heterocycles.